The summed E-state index contributed by atoms with van der Waals surface area (Å²) in [6.45, 7) is 2.78. The summed E-state index contributed by atoms with van der Waals surface area (Å²) in [4.78, 5) is 14.3. The summed E-state index contributed by atoms with van der Waals surface area (Å²) in [6.07, 6.45) is 0.146. The van der Waals surface area contributed by atoms with Gasteiger partial charge in [0, 0.05) is 31.7 Å². The fraction of sp³-hybridized carbons (Fsp3) is 0.588. The summed E-state index contributed by atoms with van der Waals surface area (Å²) in [5.74, 6) is 0.0701. The third-order valence-corrected chi connectivity index (χ3v) is 9.46. The number of amides is 1. The highest BCUT2D eigenvalue weighted by atomic mass is 32.2. The maximum atomic E-state index is 12.7. The van der Waals surface area contributed by atoms with Gasteiger partial charge in [0.2, 0.25) is 10.0 Å². The lowest BCUT2D eigenvalue weighted by Crippen LogP contribution is -2.52. The van der Waals surface area contributed by atoms with Crippen molar-refractivity contribution in [2.24, 2.45) is 0 Å². The Kier molecular flexibility index (Phi) is 5.51. The molecule has 1 atom stereocenters. The van der Waals surface area contributed by atoms with E-state index in [4.69, 9.17) is 4.74 Å². The van der Waals surface area contributed by atoms with Gasteiger partial charge >= 0.3 is 0 Å². The van der Waals surface area contributed by atoms with E-state index in [0.29, 0.717) is 11.3 Å². The number of hydrogen-bond acceptors (Lipinski definition) is 6. The van der Waals surface area contributed by atoms with Crippen LogP contribution < -0.4 is 4.74 Å². The van der Waals surface area contributed by atoms with Crippen LogP contribution in [0.3, 0.4) is 0 Å². The number of piperazine rings is 1. The van der Waals surface area contributed by atoms with Crippen molar-refractivity contribution < 1.29 is 26.4 Å². The second kappa shape index (κ2) is 7.40. The molecule has 0 radical (unpaired) electrons. The Bertz CT molecular complexity index is 934. The van der Waals surface area contributed by atoms with Crippen LogP contribution in [0.4, 0.5) is 0 Å². The van der Waals surface area contributed by atoms with E-state index in [-0.39, 0.29) is 50.0 Å². The van der Waals surface area contributed by atoms with Gasteiger partial charge in [0.15, 0.2) is 9.84 Å². The minimum atomic E-state index is -3.67. The largest absolute Gasteiger partial charge is 0.496 e. The van der Waals surface area contributed by atoms with Gasteiger partial charge < -0.3 is 9.64 Å². The number of nitrogens with zero attached hydrogens (tertiary/aromatic N) is 2. The summed E-state index contributed by atoms with van der Waals surface area (Å²) in [7, 11) is -5.39. The van der Waals surface area contributed by atoms with Gasteiger partial charge in [0.05, 0.1) is 23.9 Å². The fourth-order valence-electron chi connectivity index (χ4n) is 3.49. The molecular formula is C17H24N2O6S2. The number of carbonyl (C=O) groups is 1. The quantitative estimate of drug-likeness (QED) is 0.699. The number of ether oxygens (including phenoxy) is 1. The minimum absolute atomic E-state index is 0.0788. The van der Waals surface area contributed by atoms with E-state index in [1.54, 1.807) is 24.1 Å². The lowest BCUT2D eigenvalue weighted by Gasteiger charge is -2.35. The van der Waals surface area contributed by atoms with Crippen molar-refractivity contribution in [1.29, 1.82) is 0 Å². The molecule has 150 valence electrons. The zero-order valence-electron chi connectivity index (χ0n) is 15.4. The van der Waals surface area contributed by atoms with Crippen molar-refractivity contribution in [3.8, 4) is 5.75 Å². The second-order valence-corrected chi connectivity index (χ2v) is 11.4. The predicted molar refractivity (Wildman–Crippen MR) is 101 cm³/mol. The summed E-state index contributed by atoms with van der Waals surface area (Å²) in [6, 6.07) is 5.23. The van der Waals surface area contributed by atoms with Crippen LogP contribution in [0.25, 0.3) is 0 Å². The van der Waals surface area contributed by atoms with Crippen LogP contribution in [0.5, 0.6) is 5.75 Å². The van der Waals surface area contributed by atoms with Crippen LogP contribution in [-0.2, 0) is 19.9 Å². The van der Waals surface area contributed by atoms with E-state index in [1.807, 2.05) is 13.0 Å². The molecule has 3 rings (SSSR count). The number of carbonyl (C=O) groups excluding carboxylic acids is 1. The SMILES string of the molecule is COc1cc(C(=O)N2CCN(S(=O)(=O)C3CCS(=O)(=O)C3)CC2)ccc1C. The molecule has 0 spiro atoms. The number of rotatable bonds is 4. The number of sulfone groups is 1. The Morgan fingerprint density at radius 3 is 2.41 bits per heavy atom. The summed E-state index contributed by atoms with van der Waals surface area (Å²) >= 11 is 0. The molecular weight excluding hydrogens is 392 g/mol. The molecule has 1 amide bonds. The zero-order valence-corrected chi connectivity index (χ0v) is 17.1. The third kappa shape index (κ3) is 4.12. The van der Waals surface area contributed by atoms with Gasteiger partial charge in [0.25, 0.3) is 5.91 Å². The number of aryl methyl sites for hydroxylation is 1. The Balaban J connectivity index is 1.66. The first-order chi connectivity index (χ1) is 12.6. The normalized spacial score (nSPS) is 23.3. The lowest BCUT2D eigenvalue weighted by molar-refractivity contribution is 0.0697. The van der Waals surface area contributed by atoms with Crippen molar-refractivity contribution in [2.75, 3.05) is 44.8 Å². The van der Waals surface area contributed by atoms with Crippen molar-refractivity contribution in [3.63, 3.8) is 0 Å². The maximum Gasteiger partial charge on any atom is 0.254 e. The Morgan fingerprint density at radius 2 is 1.85 bits per heavy atom. The van der Waals surface area contributed by atoms with Gasteiger partial charge in [-0.15, -0.1) is 0 Å². The Hall–Kier alpha value is -1.65. The molecule has 8 nitrogen and oxygen atoms in total. The Labute approximate surface area is 160 Å². The maximum absolute atomic E-state index is 12.7. The van der Waals surface area contributed by atoms with Crippen LogP contribution in [0.2, 0.25) is 0 Å². The number of methoxy groups -OCH3 is 1. The summed E-state index contributed by atoms with van der Waals surface area (Å²) in [5.41, 5.74) is 1.42. The number of hydrogen-bond donors (Lipinski definition) is 0. The molecule has 2 aliphatic heterocycles. The van der Waals surface area contributed by atoms with Crippen LogP contribution in [0.15, 0.2) is 18.2 Å². The van der Waals surface area contributed by atoms with Crippen LogP contribution in [0, 0.1) is 6.92 Å². The third-order valence-electron chi connectivity index (χ3n) is 5.15. The first-order valence-electron chi connectivity index (χ1n) is 8.77. The highest BCUT2D eigenvalue weighted by molar-refractivity contribution is 7.95. The first-order valence-corrected chi connectivity index (χ1v) is 12.1. The van der Waals surface area contributed by atoms with Gasteiger partial charge in [-0.2, -0.15) is 4.31 Å². The molecule has 0 aliphatic carbocycles. The van der Waals surface area contributed by atoms with Gasteiger partial charge in [-0.05, 0) is 31.0 Å². The van der Waals surface area contributed by atoms with Crippen molar-refractivity contribution >= 4 is 25.8 Å². The van der Waals surface area contributed by atoms with E-state index in [1.165, 1.54) is 4.31 Å². The Morgan fingerprint density at radius 1 is 1.19 bits per heavy atom. The van der Waals surface area contributed by atoms with E-state index in [9.17, 15) is 21.6 Å². The molecule has 0 saturated carbocycles. The van der Waals surface area contributed by atoms with E-state index >= 15 is 0 Å². The van der Waals surface area contributed by atoms with E-state index in [0.717, 1.165) is 5.56 Å². The molecule has 0 bridgehead atoms. The molecule has 27 heavy (non-hydrogen) atoms. The average Bonchev–Trinajstić information content (AvgIpc) is 3.02. The molecule has 2 heterocycles. The molecule has 1 unspecified atom stereocenters. The van der Waals surface area contributed by atoms with Gasteiger partial charge in [0.1, 0.15) is 5.75 Å². The zero-order chi connectivity index (χ0) is 19.8. The molecule has 0 N–H and O–H groups in total. The molecule has 2 saturated heterocycles. The monoisotopic (exact) mass is 416 g/mol. The molecule has 10 heteroatoms. The van der Waals surface area contributed by atoms with Gasteiger partial charge in [-0.25, -0.2) is 16.8 Å². The molecule has 2 fully saturated rings. The minimum Gasteiger partial charge on any atom is -0.496 e. The van der Waals surface area contributed by atoms with Crippen molar-refractivity contribution in [1.82, 2.24) is 9.21 Å². The number of benzene rings is 1. The van der Waals surface area contributed by atoms with Crippen LogP contribution in [0.1, 0.15) is 22.3 Å². The van der Waals surface area contributed by atoms with E-state index in [2.05, 4.69) is 0 Å². The highest BCUT2D eigenvalue weighted by Gasteiger charge is 2.41. The summed E-state index contributed by atoms with van der Waals surface area (Å²) in [5, 5.41) is -0.869. The average molecular weight is 417 g/mol. The molecule has 1 aromatic carbocycles. The molecule has 0 aromatic heterocycles. The molecule has 2 aliphatic rings. The second-order valence-electron chi connectivity index (χ2n) is 6.95. The van der Waals surface area contributed by atoms with Crippen molar-refractivity contribution in [3.05, 3.63) is 29.3 Å². The fourth-order valence-corrected chi connectivity index (χ4v) is 8.00. The topological polar surface area (TPSA) is 101 Å². The standard InChI is InChI=1S/C17H24N2O6S2/c1-13-3-4-14(11-16(13)25-2)17(20)18-6-8-19(9-7-18)27(23,24)15-5-10-26(21,22)12-15/h3-4,11,15H,5-10,12H2,1-2H3. The predicted octanol–water partition coefficient (Wildman–Crippen LogP) is 0.278. The van der Waals surface area contributed by atoms with Gasteiger partial charge in [-0.3, -0.25) is 4.79 Å². The smallest absolute Gasteiger partial charge is 0.254 e. The number of sulfonamides is 1. The lowest BCUT2D eigenvalue weighted by atomic mass is 10.1. The van der Waals surface area contributed by atoms with Crippen LogP contribution in [-0.4, -0.2) is 82.0 Å². The highest BCUT2D eigenvalue weighted by Crippen LogP contribution is 2.24. The van der Waals surface area contributed by atoms with Gasteiger partial charge in [-0.1, -0.05) is 6.07 Å². The van der Waals surface area contributed by atoms with Crippen LogP contribution >= 0.6 is 0 Å². The van der Waals surface area contributed by atoms with Crippen molar-refractivity contribution in [2.45, 2.75) is 18.6 Å². The molecule has 1 aromatic rings. The van der Waals surface area contributed by atoms with E-state index < -0.39 is 25.1 Å². The summed E-state index contributed by atoms with van der Waals surface area (Å²) < 4.78 is 55.1. The first kappa shape index (κ1) is 20.1.